The maximum Gasteiger partial charge on any atom is 0.306 e. The van der Waals surface area contributed by atoms with E-state index < -0.39 is 57.4 Å². The number of quaternary nitrogens is 1. The summed E-state index contributed by atoms with van der Waals surface area (Å²) in [6, 6.07) is 0. The van der Waals surface area contributed by atoms with Gasteiger partial charge in [-0.25, -0.2) is 0 Å². The number of ether oxygens (including phenoxy) is 2. The van der Waals surface area contributed by atoms with Crippen LogP contribution in [0.4, 0.5) is 0 Å². The van der Waals surface area contributed by atoms with Crippen LogP contribution in [0, 0.1) is 0 Å². The third-order valence-corrected chi connectivity index (χ3v) is 9.91. The number of carbonyl (C=O) groups is 2. The Kier molecular flexibility index (Phi) is 36.5. The second kappa shape index (κ2) is 38.5. The van der Waals surface area contributed by atoms with E-state index in [1.165, 1.54) is 25.3 Å². The molecule has 0 spiro atoms. The van der Waals surface area contributed by atoms with Gasteiger partial charge in [-0.1, -0.05) is 143 Å². The van der Waals surface area contributed by atoms with Crippen molar-refractivity contribution in [3.05, 3.63) is 97.2 Å². The third-order valence-electron chi connectivity index (χ3n) is 8.94. The molecule has 0 aliphatic carbocycles. The molecule has 13 heteroatoms. The van der Waals surface area contributed by atoms with Crippen molar-refractivity contribution in [2.45, 2.75) is 147 Å². The molecule has 0 aliphatic rings. The zero-order valence-electron chi connectivity index (χ0n) is 37.9. The number of phosphoric ester groups is 1. The molecule has 61 heavy (non-hydrogen) atoms. The third kappa shape index (κ3) is 40.6. The largest absolute Gasteiger partial charge is 0.756 e. The van der Waals surface area contributed by atoms with Crippen molar-refractivity contribution in [3.8, 4) is 0 Å². The number of hydrogen-bond acceptors (Lipinski definition) is 11. The lowest BCUT2D eigenvalue weighted by Crippen LogP contribution is -2.37. The topological polar surface area (TPSA) is 172 Å². The van der Waals surface area contributed by atoms with Gasteiger partial charge in [0.25, 0.3) is 7.82 Å². The number of aliphatic hydroxyl groups excluding tert-OH is 3. The van der Waals surface area contributed by atoms with Crippen LogP contribution in [0.1, 0.15) is 123 Å². The molecule has 0 aromatic heterocycles. The quantitative estimate of drug-likeness (QED) is 0.0135. The molecule has 0 amide bonds. The van der Waals surface area contributed by atoms with Gasteiger partial charge in [-0.05, 0) is 64.2 Å². The van der Waals surface area contributed by atoms with E-state index in [0.29, 0.717) is 23.9 Å². The van der Waals surface area contributed by atoms with E-state index in [2.05, 4.69) is 50.3 Å². The molecule has 0 bridgehead atoms. The first-order valence-electron chi connectivity index (χ1n) is 22.3. The monoisotopic (exact) mass is 878 g/mol. The minimum Gasteiger partial charge on any atom is -0.756 e. The van der Waals surface area contributed by atoms with E-state index in [9.17, 15) is 34.4 Å². The van der Waals surface area contributed by atoms with Crippen LogP contribution in [-0.2, 0) is 32.7 Å². The minimum absolute atomic E-state index is 0.0697. The Labute approximate surface area is 368 Å². The summed E-state index contributed by atoms with van der Waals surface area (Å²) in [5.41, 5.74) is 0. The van der Waals surface area contributed by atoms with Crippen molar-refractivity contribution >= 4 is 19.8 Å². The minimum atomic E-state index is -4.73. The number of aliphatic hydroxyl groups is 3. The SMILES string of the molecule is CCCCC/C=C\C/C=C\C/C=C\C/C=C\CCCC(=O)O[C@H](COC(=O)CCC[C@@H](O)[C@H](O)/C=C/C=C/C=C\C=C\[C@H](O)CCCCC)COP(=O)([O-])OCC[N+](C)(C)C. The second-order valence-electron chi connectivity index (χ2n) is 15.9. The lowest BCUT2D eigenvalue weighted by Gasteiger charge is -2.28. The fourth-order valence-electron chi connectivity index (χ4n) is 5.26. The van der Waals surface area contributed by atoms with Gasteiger partial charge in [0.05, 0.1) is 46.1 Å². The molecule has 0 rings (SSSR count). The molecule has 0 radical (unpaired) electrons. The number of nitrogens with zero attached hydrogens (tertiary/aromatic N) is 1. The Bertz CT molecular complexity index is 1410. The standard InChI is InChI=1S/C48H80NO11P/c1-6-8-10-11-12-13-14-15-16-17-18-19-20-21-22-27-31-37-48(54)60-44(42-59-61(55,56)58-40-39-49(3,4)5)41-57-47(53)38-32-36-46(52)45(51)35-30-26-24-23-25-29-34-43(50)33-28-9-7-2/h12-13,15-16,18-19,21-26,29-30,34-35,43-46,50-52H,6-11,14,17,20,27-28,31-33,36-42H2,1-5H3/b13-12-,16-15-,19-18-,22-21-,25-23-,26-24+,34-29+,35-30+/t43-,44-,45-,46-/m1/s1. The predicted molar refractivity (Wildman–Crippen MR) is 244 cm³/mol. The van der Waals surface area contributed by atoms with E-state index in [4.69, 9.17) is 18.5 Å². The van der Waals surface area contributed by atoms with Crippen molar-refractivity contribution < 1.29 is 57.4 Å². The van der Waals surface area contributed by atoms with Crippen molar-refractivity contribution in [2.75, 3.05) is 47.5 Å². The highest BCUT2D eigenvalue weighted by Crippen LogP contribution is 2.38. The number of unbranched alkanes of at least 4 members (excludes halogenated alkanes) is 6. The van der Waals surface area contributed by atoms with Gasteiger partial charge in [0.2, 0.25) is 0 Å². The van der Waals surface area contributed by atoms with Gasteiger partial charge in [0, 0.05) is 12.8 Å². The van der Waals surface area contributed by atoms with Crippen LogP contribution in [0.3, 0.4) is 0 Å². The maximum atomic E-state index is 12.7. The van der Waals surface area contributed by atoms with Crippen LogP contribution in [0.25, 0.3) is 0 Å². The number of carbonyl (C=O) groups excluding carboxylic acids is 2. The molecule has 0 aromatic carbocycles. The summed E-state index contributed by atoms with van der Waals surface area (Å²) in [4.78, 5) is 37.6. The van der Waals surface area contributed by atoms with Crippen LogP contribution >= 0.6 is 7.82 Å². The van der Waals surface area contributed by atoms with E-state index in [0.717, 1.165) is 51.4 Å². The van der Waals surface area contributed by atoms with Gasteiger partial charge in [-0.3, -0.25) is 14.2 Å². The summed E-state index contributed by atoms with van der Waals surface area (Å²) in [7, 11) is 0.924. The smallest absolute Gasteiger partial charge is 0.306 e. The van der Waals surface area contributed by atoms with E-state index in [1.807, 2.05) is 33.3 Å². The van der Waals surface area contributed by atoms with Crippen LogP contribution in [0.2, 0.25) is 0 Å². The van der Waals surface area contributed by atoms with Crippen LogP contribution in [0.15, 0.2) is 97.2 Å². The van der Waals surface area contributed by atoms with Crippen LogP contribution < -0.4 is 4.89 Å². The van der Waals surface area contributed by atoms with Crippen molar-refractivity contribution in [3.63, 3.8) is 0 Å². The maximum absolute atomic E-state index is 12.7. The van der Waals surface area contributed by atoms with Gasteiger partial charge >= 0.3 is 11.9 Å². The average Bonchev–Trinajstić information content (AvgIpc) is 3.20. The summed E-state index contributed by atoms with van der Waals surface area (Å²) in [6.07, 6.45) is 39.6. The lowest BCUT2D eigenvalue weighted by atomic mass is 10.1. The molecule has 1 unspecified atom stereocenters. The molecule has 3 N–H and O–H groups in total. The number of allylic oxidation sites excluding steroid dienone is 14. The molecule has 0 saturated carbocycles. The van der Waals surface area contributed by atoms with Gasteiger partial charge in [0.1, 0.15) is 19.8 Å². The van der Waals surface area contributed by atoms with E-state index >= 15 is 0 Å². The molecular formula is C48H80NO11P. The van der Waals surface area contributed by atoms with Crippen molar-refractivity contribution in [1.29, 1.82) is 0 Å². The van der Waals surface area contributed by atoms with Gasteiger partial charge in [-0.15, -0.1) is 0 Å². The number of esters is 2. The first-order chi connectivity index (χ1) is 29.2. The molecule has 0 aliphatic heterocycles. The number of likely N-dealkylation sites (N-methyl/N-ethyl adjacent to an activating group) is 1. The Morgan fingerprint density at radius 3 is 1.79 bits per heavy atom. The number of phosphoric acid groups is 1. The number of hydrogen-bond donors (Lipinski definition) is 3. The number of rotatable bonds is 38. The summed E-state index contributed by atoms with van der Waals surface area (Å²) < 4.78 is 33.5. The molecule has 0 aromatic rings. The van der Waals surface area contributed by atoms with Crippen molar-refractivity contribution in [1.82, 2.24) is 0 Å². The normalized spacial score (nSPS) is 16.0. The molecule has 5 atom stereocenters. The molecule has 0 saturated heterocycles. The van der Waals surface area contributed by atoms with Crippen LogP contribution in [0.5, 0.6) is 0 Å². The molecular weight excluding hydrogens is 797 g/mol. The summed E-state index contributed by atoms with van der Waals surface area (Å²) in [6.45, 7) is 3.60. The summed E-state index contributed by atoms with van der Waals surface area (Å²) in [5, 5.41) is 30.5. The molecule has 348 valence electrons. The Morgan fingerprint density at radius 2 is 1.18 bits per heavy atom. The zero-order valence-corrected chi connectivity index (χ0v) is 38.8. The second-order valence-corrected chi connectivity index (χ2v) is 17.3. The van der Waals surface area contributed by atoms with Gasteiger partial charge < -0.3 is 43.2 Å². The fraction of sp³-hybridized carbons (Fsp3) is 0.625. The first-order valence-corrected chi connectivity index (χ1v) is 23.7. The highest BCUT2D eigenvalue weighted by molar-refractivity contribution is 7.45. The Hall–Kier alpha value is -3.19. The highest BCUT2D eigenvalue weighted by atomic mass is 31.2. The van der Waals surface area contributed by atoms with Gasteiger partial charge in [-0.2, -0.15) is 0 Å². The van der Waals surface area contributed by atoms with E-state index in [1.54, 1.807) is 42.5 Å². The first kappa shape index (κ1) is 57.8. The average molecular weight is 878 g/mol. The Balaban J connectivity index is 4.79. The van der Waals surface area contributed by atoms with E-state index in [-0.39, 0.29) is 32.3 Å². The fourth-order valence-corrected chi connectivity index (χ4v) is 5.99. The highest BCUT2D eigenvalue weighted by Gasteiger charge is 2.22. The predicted octanol–water partition coefficient (Wildman–Crippen LogP) is 8.85. The lowest BCUT2D eigenvalue weighted by molar-refractivity contribution is -0.870. The molecule has 12 nitrogen and oxygen atoms in total. The molecule has 0 fully saturated rings. The van der Waals surface area contributed by atoms with Crippen molar-refractivity contribution in [2.24, 2.45) is 0 Å². The summed E-state index contributed by atoms with van der Waals surface area (Å²) in [5.74, 6) is -1.24. The zero-order chi connectivity index (χ0) is 45.5. The summed E-state index contributed by atoms with van der Waals surface area (Å²) >= 11 is 0. The van der Waals surface area contributed by atoms with Crippen LogP contribution in [-0.4, -0.2) is 104 Å². The Morgan fingerprint density at radius 1 is 0.639 bits per heavy atom. The van der Waals surface area contributed by atoms with Gasteiger partial charge in [0.15, 0.2) is 6.10 Å². The molecule has 0 heterocycles.